The Hall–Kier alpha value is -0.340. The number of unbranched alkanes of at least 4 members (excludes halogenated alkanes) is 13. The summed E-state index contributed by atoms with van der Waals surface area (Å²) in [4.78, 5) is 2.54. The third kappa shape index (κ3) is 24.8. The van der Waals surface area contributed by atoms with Crippen molar-refractivity contribution in [1.82, 2.24) is 4.90 Å². The van der Waals surface area contributed by atoms with Crippen LogP contribution in [0.3, 0.4) is 0 Å². The molecule has 0 amide bonds. The minimum absolute atomic E-state index is 0.202. The van der Waals surface area contributed by atoms with Crippen molar-refractivity contribution in [3.05, 3.63) is 12.2 Å². The molecule has 0 saturated heterocycles. The summed E-state index contributed by atoms with van der Waals surface area (Å²) in [6, 6.07) is 0. The van der Waals surface area contributed by atoms with Crippen LogP contribution in [0, 0.1) is 10.8 Å². The van der Waals surface area contributed by atoms with Gasteiger partial charge in [0.25, 0.3) is 0 Å². The minimum Gasteiger partial charge on any atom is -0.396 e. The number of nitrogens with zero attached hydrogens (tertiary/aromatic N) is 1. The van der Waals surface area contributed by atoms with E-state index in [0.29, 0.717) is 5.41 Å². The van der Waals surface area contributed by atoms with E-state index in [1.54, 1.807) is 0 Å². The Morgan fingerprint density at radius 3 is 1.47 bits per heavy atom. The first-order valence-corrected chi connectivity index (χ1v) is 15.0. The minimum atomic E-state index is 0.202. The maximum absolute atomic E-state index is 9.15. The first-order chi connectivity index (χ1) is 16.1. The zero-order valence-electron chi connectivity index (χ0n) is 24.7. The molecule has 0 rings (SSSR count). The van der Waals surface area contributed by atoms with E-state index in [9.17, 15) is 0 Å². The number of aliphatic hydroxyl groups excluding tert-OH is 1. The summed E-state index contributed by atoms with van der Waals surface area (Å²) in [5.74, 6) is 0. The molecule has 0 aromatic rings. The van der Waals surface area contributed by atoms with E-state index >= 15 is 0 Å². The molecule has 0 aromatic heterocycles. The maximum Gasteiger partial charge on any atom is 0.0436 e. The molecule has 34 heavy (non-hydrogen) atoms. The van der Waals surface area contributed by atoms with Gasteiger partial charge in [-0.15, -0.1) is 0 Å². The van der Waals surface area contributed by atoms with Crippen molar-refractivity contribution in [3.63, 3.8) is 0 Å². The van der Waals surface area contributed by atoms with Gasteiger partial charge in [-0.2, -0.15) is 0 Å². The van der Waals surface area contributed by atoms with Gasteiger partial charge in [0.15, 0.2) is 0 Å². The first kappa shape index (κ1) is 33.7. The molecular weight excluding hydrogens is 414 g/mol. The van der Waals surface area contributed by atoms with Crippen molar-refractivity contribution in [2.75, 3.05) is 26.7 Å². The van der Waals surface area contributed by atoms with E-state index < -0.39 is 0 Å². The average Bonchev–Trinajstić information content (AvgIpc) is 2.72. The molecule has 0 radical (unpaired) electrons. The summed E-state index contributed by atoms with van der Waals surface area (Å²) in [7, 11) is 2.30. The molecule has 2 heteroatoms. The standard InChI is InChI=1S/C32H65NO/c1-30(29-32(5,6)25-28-34)23-19-17-15-13-11-9-8-10-12-14-16-18-21-26-33(7)27-22-20-24-31(2,3)4/h34H,1,8-29H2,2-7H3. The van der Waals surface area contributed by atoms with Gasteiger partial charge in [0, 0.05) is 6.61 Å². The molecule has 0 fully saturated rings. The Morgan fingerprint density at radius 1 is 0.618 bits per heavy atom. The van der Waals surface area contributed by atoms with Crippen molar-refractivity contribution < 1.29 is 5.11 Å². The molecular formula is C32H65NO. The molecule has 0 aliphatic carbocycles. The summed E-state index contributed by atoms with van der Waals surface area (Å²) in [6.45, 7) is 18.6. The van der Waals surface area contributed by atoms with E-state index in [2.05, 4.69) is 53.1 Å². The van der Waals surface area contributed by atoms with Crippen LogP contribution in [-0.2, 0) is 0 Å². The Bertz CT molecular complexity index is 462. The highest BCUT2D eigenvalue weighted by Gasteiger charge is 2.18. The van der Waals surface area contributed by atoms with Gasteiger partial charge in [-0.25, -0.2) is 0 Å². The summed E-state index contributed by atoms with van der Waals surface area (Å²) >= 11 is 0. The Balaban J connectivity index is 3.32. The van der Waals surface area contributed by atoms with Crippen LogP contribution in [0.4, 0.5) is 0 Å². The number of aliphatic hydroxyl groups is 1. The molecule has 0 aliphatic heterocycles. The smallest absolute Gasteiger partial charge is 0.0436 e. The van der Waals surface area contributed by atoms with Gasteiger partial charge in [-0.3, -0.25) is 0 Å². The maximum atomic E-state index is 9.15. The monoisotopic (exact) mass is 480 g/mol. The van der Waals surface area contributed by atoms with Crippen molar-refractivity contribution in [1.29, 1.82) is 0 Å². The van der Waals surface area contributed by atoms with E-state index in [1.165, 1.54) is 128 Å². The van der Waals surface area contributed by atoms with Crippen LogP contribution in [0.2, 0.25) is 0 Å². The number of hydrogen-bond acceptors (Lipinski definition) is 2. The number of rotatable bonds is 24. The fourth-order valence-electron chi connectivity index (χ4n) is 5.01. The van der Waals surface area contributed by atoms with Gasteiger partial charge in [0.2, 0.25) is 0 Å². The molecule has 2 nitrogen and oxygen atoms in total. The molecule has 0 unspecified atom stereocenters. The Kier molecular flexibility index (Phi) is 20.6. The molecule has 0 heterocycles. The summed E-state index contributed by atoms with van der Waals surface area (Å²) in [6.07, 6.45) is 25.5. The van der Waals surface area contributed by atoms with Crippen LogP contribution in [0.5, 0.6) is 0 Å². The molecule has 0 saturated carbocycles. The fraction of sp³-hybridized carbons (Fsp3) is 0.938. The summed E-state index contributed by atoms with van der Waals surface area (Å²) in [5.41, 5.74) is 2.07. The second-order valence-corrected chi connectivity index (χ2v) is 13.2. The average molecular weight is 480 g/mol. The lowest BCUT2D eigenvalue weighted by Crippen LogP contribution is -2.21. The topological polar surface area (TPSA) is 23.5 Å². The third-order valence-corrected chi connectivity index (χ3v) is 7.30. The lowest BCUT2D eigenvalue weighted by molar-refractivity contribution is 0.210. The summed E-state index contributed by atoms with van der Waals surface area (Å²) < 4.78 is 0. The SMILES string of the molecule is C=C(CCCCCCCCCCCCCCCN(C)CCCCC(C)(C)C)CC(C)(C)CCO. The number of hydrogen-bond donors (Lipinski definition) is 1. The normalized spacial score (nSPS) is 12.6. The number of allylic oxidation sites excluding steroid dienone is 1. The molecule has 0 aliphatic rings. The molecule has 1 N–H and O–H groups in total. The quantitative estimate of drug-likeness (QED) is 0.110. The Labute approximate surface area is 216 Å². The zero-order chi connectivity index (χ0) is 25.7. The largest absolute Gasteiger partial charge is 0.396 e. The highest BCUT2D eigenvalue weighted by Crippen LogP contribution is 2.30. The molecule has 0 spiro atoms. The molecule has 0 atom stereocenters. The van der Waals surface area contributed by atoms with E-state index in [1.807, 2.05) is 0 Å². The van der Waals surface area contributed by atoms with Crippen LogP contribution in [0.1, 0.15) is 157 Å². The first-order valence-electron chi connectivity index (χ1n) is 15.0. The molecule has 204 valence electrons. The fourth-order valence-corrected chi connectivity index (χ4v) is 5.01. The van der Waals surface area contributed by atoms with Crippen LogP contribution in [0.25, 0.3) is 0 Å². The highest BCUT2D eigenvalue weighted by atomic mass is 16.3. The highest BCUT2D eigenvalue weighted by molar-refractivity contribution is 4.98. The second kappa shape index (κ2) is 20.8. The second-order valence-electron chi connectivity index (χ2n) is 13.2. The van der Waals surface area contributed by atoms with Gasteiger partial charge in [0.05, 0.1) is 0 Å². The van der Waals surface area contributed by atoms with E-state index in [0.717, 1.165) is 12.8 Å². The van der Waals surface area contributed by atoms with Crippen LogP contribution in [-0.4, -0.2) is 36.8 Å². The van der Waals surface area contributed by atoms with Crippen molar-refractivity contribution >= 4 is 0 Å². The van der Waals surface area contributed by atoms with E-state index in [4.69, 9.17) is 5.11 Å². The van der Waals surface area contributed by atoms with Gasteiger partial charge >= 0.3 is 0 Å². The van der Waals surface area contributed by atoms with Gasteiger partial charge in [-0.1, -0.05) is 124 Å². The zero-order valence-corrected chi connectivity index (χ0v) is 24.7. The lowest BCUT2D eigenvalue weighted by atomic mass is 9.82. The van der Waals surface area contributed by atoms with Crippen molar-refractivity contribution in [2.24, 2.45) is 10.8 Å². The van der Waals surface area contributed by atoms with Crippen LogP contribution < -0.4 is 0 Å². The Morgan fingerprint density at radius 2 is 1.03 bits per heavy atom. The van der Waals surface area contributed by atoms with Crippen molar-refractivity contribution in [2.45, 2.75) is 157 Å². The lowest BCUT2D eigenvalue weighted by Gasteiger charge is -2.24. The molecule has 0 aromatic carbocycles. The van der Waals surface area contributed by atoms with Crippen molar-refractivity contribution in [3.8, 4) is 0 Å². The summed E-state index contributed by atoms with van der Waals surface area (Å²) in [5, 5.41) is 9.15. The molecule has 0 bridgehead atoms. The predicted octanol–water partition coefficient (Wildman–Crippen LogP) is 9.95. The predicted molar refractivity (Wildman–Crippen MR) is 155 cm³/mol. The van der Waals surface area contributed by atoms with Crippen LogP contribution in [0.15, 0.2) is 12.2 Å². The van der Waals surface area contributed by atoms with E-state index in [-0.39, 0.29) is 12.0 Å². The third-order valence-electron chi connectivity index (χ3n) is 7.30. The van der Waals surface area contributed by atoms with Gasteiger partial charge in [0.1, 0.15) is 0 Å². The van der Waals surface area contributed by atoms with Gasteiger partial charge < -0.3 is 10.0 Å². The van der Waals surface area contributed by atoms with Gasteiger partial charge in [-0.05, 0) is 75.9 Å². The van der Waals surface area contributed by atoms with Crippen LogP contribution >= 0.6 is 0 Å².